The van der Waals surface area contributed by atoms with E-state index in [-0.39, 0.29) is 5.56 Å². The van der Waals surface area contributed by atoms with Crippen molar-refractivity contribution >= 4 is 5.97 Å². The van der Waals surface area contributed by atoms with E-state index in [0.717, 1.165) is 0 Å². The fraction of sp³-hybridized carbons (Fsp3) is 0.286. The van der Waals surface area contributed by atoms with Gasteiger partial charge < -0.3 is 14.6 Å². The lowest BCUT2D eigenvalue weighted by Crippen LogP contribution is -2.00. The van der Waals surface area contributed by atoms with Gasteiger partial charge in [0.25, 0.3) is 0 Å². The number of aromatic carboxylic acids is 1. The molecule has 1 aromatic heterocycles. The van der Waals surface area contributed by atoms with Gasteiger partial charge in [-0.1, -0.05) is 0 Å². The Balaban J connectivity index is 2.53. The maximum absolute atomic E-state index is 11.3. The number of ether oxygens (including phenoxy) is 2. The van der Waals surface area contributed by atoms with E-state index in [1.54, 1.807) is 32.2 Å². The van der Waals surface area contributed by atoms with Gasteiger partial charge in [-0.15, -0.1) is 0 Å². The highest BCUT2D eigenvalue weighted by Crippen LogP contribution is 2.33. The van der Waals surface area contributed by atoms with Gasteiger partial charge in [0.1, 0.15) is 11.3 Å². The molecule has 0 aliphatic carbocycles. The lowest BCUT2D eigenvalue weighted by molar-refractivity contribution is 0.0697. The van der Waals surface area contributed by atoms with Crippen LogP contribution in [0.1, 0.15) is 23.0 Å². The normalized spacial score (nSPS) is 10.3. The largest absolute Gasteiger partial charge is 0.493 e. The first kappa shape index (κ1) is 13.9. The predicted molar refractivity (Wildman–Crippen MR) is 73.4 cm³/mol. The third-order valence-electron chi connectivity index (χ3n) is 2.90. The zero-order valence-corrected chi connectivity index (χ0v) is 11.6. The summed E-state index contributed by atoms with van der Waals surface area (Å²) in [7, 11) is 1.55. The van der Waals surface area contributed by atoms with Crippen LogP contribution in [0.3, 0.4) is 0 Å². The number of methoxy groups -OCH3 is 1. The minimum Gasteiger partial charge on any atom is -0.493 e. The monoisotopic (exact) mass is 276 g/mol. The number of hydrogen-bond donors (Lipinski definition) is 2. The fourth-order valence-corrected chi connectivity index (χ4v) is 1.99. The molecular formula is C14H16N2O4. The lowest BCUT2D eigenvalue weighted by Gasteiger charge is -2.10. The number of hydrogen-bond acceptors (Lipinski definition) is 4. The number of aryl methyl sites for hydroxylation is 1. The van der Waals surface area contributed by atoms with Crippen LogP contribution in [0.2, 0.25) is 0 Å². The van der Waals surface area contributed by atoms with Crippen molar-refractivity contribution in [3.8, 4) is 22.8 Å². The quantitative estimate of drug-likeness (QED) is 0.876. The number of H-pyrrole nitrogens is 1. The second-order valence-corrected chi connectivity index (χ2v) is 4.18. The van der Waals surface area contributed by atoms with Gasteiger partial charge in [0.05, 0.1) is 13.7 Å². The first-order chi connectivity index (χ1) is 9.58. The Morgan fingerprint density at radius 1 is 1.40 bits per heavy atom. The smallest absolute Gasteiger partial charge is 0.339 e. The average Bonchev–Trinajstić information content (AvgIpc) is 2.81. The molecule has 0 saturated heterocycles. The molecule has 0 bridgehead atoms. The SMILES string of the molecule is CCOc1cc(-c2n[nH]c(C)c2C(=O)O)ccc1OC. The highest BCUT2D eigenvalue weighted by molar-refractivity contribution is 5.96. The van der Waals surface area contributed by atoms with Crippen molar-refractivity contribution in [1.82, 2.24) is 10.2 Å². The lowest BCUT2D eigenvalue weighted by atomic mass is 10.1. The average molecular weight is 276 g/mol. The van der Waals surface area contributed by atoms with Crippen LogP contribution in [-0.4, -0.2) is 35.0 Å². The molecule has 2 aromatic rings. The zero-order chi connectivity index (χ0) is 14.7. The Morgan fingerprint density at radius 2 is 2.15 bits per heavy atom. The van der Waals surface area contributed by atoms with Crippen LogP contribution in [0.5, 0.6) is 11.5 Å². The third kappa shape index (κ3) is 2.45. The van der Waals surface area contributed by atoms with E-state index in [1.807, 2.05) is 6.92 Å². The number of nitrogens with zero attached hydrogens (tertiary/aromatic N) is 1. The molecule has 6 heteroatoms. The number of carboxylic acids is 1. The Kier molecular flexibility index (Phi) is 3.93. The Labute approximate surface area is 116 Å². The van der Waals surface area contributed by atoms with Crippen LogP contribution < -0.4 is 9.47 Å². The van der Waals surface area contributed by atoms with Crippen LogP contribution in [-0.2, 0) is 0 Å². The van der Waals surface area contributed by atoms with Crippen molar-refractivity contribution in [3.63, 3.8) is 0 Å². The number of aromatic nitrogens is 2. The number of benzene rings is 1. The molecule has 0 radical (unpaired) electrons. The van der Waals surface area contributed by atoms with E-state index in [0.29, 0.717) is 35.1 Å². The summed E-state index contributed by atoms with van der Waals surface area (Å²) in [5.41, 5.74) is 1.73. The topological polar surface area (TPSA) is 84.4 Å². The molecule has 1 heterocycles. The summed E-state index contributed by atoms with van der Waals surface area (Å²) in [6.07, 6.45) is 0. The number of carboxylic acid groups (broad SMARTS) is 1. The van der Waals surface area contributed by atoms with Gasteiger partial charge in [0.15, 0.2) is 11.5 Å². The molecule has 2 rings (SSSR count). The van der Waals surface area contributed by atoms with Crippen molar-refractivity contribution in [2.24, 2.45) is 0 Å². The number of rotatable bonds is 5. The molecule has 0 fully saturated rings. The number of nitrogens with one attached hydrogen (secondary N) is 1. The Hall–Kier alpha value is -2.50. The fourth-order valence-electron chi connectivity index (χ4n) is 1.99. The summed E-state index contributed by atoms with van der Waals surface area (Å²) >= 11 is 0. The van der Waals surface area contributed by atoms with E-state index in [2.05, 4.69) is 10.2 Å². The Bertz CT molecular complexity index is 634. The number of carbonyl (C=O) groups is 1. The minimum absolute atomic E-state index is 0.164. The summed E-state index contributed by atoms with van der Waals surface area (Å²) in [5, 5.41) is 16.0. The summed E-state index contributed by atoms with van der Waals surface area (Å²) in [4.78, 5) is 11.3. The van der Waals surface area contributed by atoms with Crippen LogP contribution in [0.25, 0.3) is 11.3 Å². The molecule has 2 N–H and O–H groups in total. The third-order valence-corrected chi connectivity index (χ3v) is 2.90. The van der Waals surface area contributed by atoms with Gasteiger partial charge in [0.2, 0.25) is 0 Å². The molecule has 0 spiro atoms. The Morgan fingerprint density at radius 3 is 2.75 bits per heavy atom. The van der Waals surface area contributed by atoms with Gasteiger partial charge >= 0.3 is 5.97 Å². The molecule has 0 aliphatic rings. The van der Waals surface area contributed by atoms with Crippen molar-refractivity contribution in [2.45, 2.75) is 13.8 Å². The summed E-state index contributed by atoms with van der Waals surface area (Å²) < 4.78 is 10.7. The summed E-state index contributed by atoms with van der Waals surface area (Å²) in [5.74, 6) is 0.143. The molecule has 106 valence electrons. The van der Waals surface area contributed by atoms with Crippen LogP contribution in [0.4, 0.5) is 0 Å². The molecule has 0 amide bonds. The molecule has 6 nitrogen and oxygen atoms in total. The van der Waals surface area contributed by atoms with Gasteiger partial charge in [-0.3, -0.25) is 5.10 Å². The van der Waals surface area contributed by atoms with Crippen LogP contribution in [0, 0.1) is 6.92 Å². The second-order valence-electron chi connectivity index (χ2n) is 4.18. The van der Waals surface area contributed by atoms with Crippen LogP contribution >= 0.6 is 0 Å². The zero-order valence-electron chi connectivity index (χ0n) is 11.6. The molecule has 0 aliphatic heterocycles. The van der Waals surface area contributed by atoms with Crippen molar-refractivity contribution < 1.29 is 19.4 Å². The van der Waals surface area contributed by atoms with E-state index >= 15 is 0 Å². The standard InChI is InChI=1S/C14H16N2O4/c1-4-20-11-7-9(5-6-10(11)19-3)13-12(14(17)18)8(2)15-16-13/h5-7H,4H2,1-3H3,(H,15,16)(H,17,18). The minimum atomic E-state index is -1.01. The first-order valence-electron chi connectivity index (χ1n) is 6.18. The highest BCUT2D eigenvalue weighted by Gasteiger charge is 2.19. The molecule has 0 saturated carbocycles. The van der Waals surface area contributed by atoms with Crippen molar-refractivity contribution in [1.29, 1.82) is 0 Å². The summed E-state index contributed by atoms with van der Waals surface area (Å²) in [6.45, 7) is 4.03. The summed E-state index contributed by atoms with van der Waals surface area (Å²) in [6, 6.07) is 5.21. The number of aromatic amines is 1. The van der Waals surface area contributed by atoms with Gasteiger partial charge in [0, 0.05) is 11.3 Å². The first-order valence-corrected chi connectivity index (χ1v) is 6.18. The van der Waals surface area contributed by atoms with Crippen molar-refractivity contribution in [2.75, 3.05) is 13.7 Å². The predicted octanol–water partition coefficient (Wildman–Crippen LogP) is 2.49. The molecule has 0 unspecified atom stereocenters. The van der Waals surface area contributed by atoms with E-state index in [4.69, 9.17) is 9.47 Å². The van der Waals surface area contributed by atoms with E-state index < -0.39 is 5.97 Å². The maximum atomic E-state index is 11.3. The maximum Gasteiger partial charge on any atom is 0.339 e. The van der Waals surface area contributed by atoms with Crippen molar-refractivity contribution in [3.05, 3.63) is 29.5 Å². The second kappa shape index (κ2) is 5.64. The van der Waals surface area contributed by atoms with Crippen LogP contribution in [0.15, 0.2) is 18.2 Å². The molecule has 0 atom stereocenters. The van der Waals surface area contributed by atoms with E-state index in [1.165, 1.54) is 0 Å². The van der Waals surface area contributed by atoms with Gasteiger partial charge in [-0.2, -0.15) is 5.10 Å². The van der Waals surface area contributed by atoms with Gasteiger partial charge in [-0.25, -0.2) is 4.79 Å². The van der Waals surface area contributed by atoms with Gasteiger partial charge in [-0.05, 0) is 32.0 Å². The molecule has 1 aromatic carbocycles. The van der Waals surface area contributed by atoms with E-state index in [9.17, 15) is 9.90 Å². The molecule has 20 heavy (non-hydrogen) atoms. The molecular weight excluding hydrogens is 260 g/mol. The highest BCUT2D eigenvalue weighted by atomic mass is 16.5.